The van der Waals surface area contributed by atoms with Crippen molar-refractivity contribution in [1.29, 1.82) is 0 Å². The summed E-state index contributed by atoms with van der Waals surface area (Å²) in [7, 11) is 1.49. The Morgan fingerprint density at radius 1 is 1.50 bits per heavy atom. The number of nitrogen functional groups attached to an aromatic ring is 1. The molecule has 1 aromatic carbocycles. The van der Waals surface area contributed by atoms with Gasteiger partial charge in [0.15, 0.2) is 7.11 Å². The molecule has 0 spiro atoms. The average molecular weight is 212 g/mol. The number of hydrogen-bond acceptors (Lipinski definition) is 4. The van der Waals surface area contributed by atoms with Gasteiger partial charge in [0.05, 0.1) is 5.10 Å². The van der Waals surface area contributed by atoms with Crippen LogP contribution in [-0.4, -0.2) is 17.2 Å². The van der Waals surface area contributed by atoms with Crippen molar-refractivity contribution in [1.82, 2.24) is 10.1 Å². The maximum atomic E-state index is 5.83. The molecule has 2 rings (SSSR count). The number of anilines is 1. The summed E-state index contributed by atoms with van der Waals surface area (Å²) in [5, 5.41) is 4.46. The molecule has 0 atom stereocenters. The van der Waals surface area contributed by atoms with E-state index in [9.17, 15) is 0 Å². The molecule has 6 heteroatoms. The first-order chi connectivity index (χ1) is 6.70. The predicted octanol–water partition coefficient (Wildman–Crippen LogP) is 0.211. The fourth-order valence-corrected chi connectivity index (χ4v) is 1.34. The molecule has 72 valence electrons. The normalized spacial score (nSPS) is 10.4. The lowest BCUT2D eigenvalue weighted by atomic mass is 10.3. The molecule has 0 aliphatic heterocycles. The van der Waals surface area contributed by atoms with E-state index in [1.165, 1.54) is 12.0 Å². The van der Waals surface area contributed by atoms with E-state index in [1.54, 1.807) is 18.2 Å². The van der Waals surface area contributed by atoms with E-state index in [0.29, 0.717) is 16.1 Å². The Kier molecular flexibility index (Phi) is 2.09. The van der Waals surface area contributed by atoms with E-state index in [1.807, 2.05) is 0 Å². The number of hydrogen-bond donors (Lipinski definition) is 1. The van der Waals surface area contributed by atoms with Gasteiger partial charge in [-0.15, -0.1) is 0 Å². The van der Waals surface area contributed by atoms with Crippen LogP contribution in [0.4, 0.5) is 5.95 Å². The molecule has 1 aromatic heterocycles. The van der Waals surface area contributed by atoms with Crippen LogP contribution in [-0.2, 0) is 0 Å². The second-order valence-corrected chi connectivity index (χ2v) is 3.09. The molecule has 1 heterocycles. The summed E-state index contributed by atoms with van der Waals surface area (Å²) in [6, 6.07) is 5.20. The van der Waals surface area contributed by atoms with E-state index in [0.717, 1.165) is 0 Å². The van der Waals surface area contributed by atoms with Crippen molar-refractivity contribution < 1.29 is 9.68 Å². The molecule has 0 saturated heterocycles. The van der Waals surface area contributed by atoms with Gasteiger partial charge in [-0.3, -0.25) is 0 Å². The van der Waals surface area contributed by atoms with E-state index < -0.39 is 0 Å². The van der Waals surface area contributed by atoms with Crippen molar-refractivity contribution in [2.75, 3.05) is 12.8 Å². The molecule has 0 amide bonds. The Labute approximate surface area is 85.0 Å². The van der Waals surface area contributed by atoms with Gasteiger partial charge < -0.3 is 5.73 Å². The van der Waals surface area contributed by atoms with Crippen molar-refractivity contribution in [2.45, 2.75) is 0 Å². The second-order valence-electron chi connectivity index (χ2n) is 2.66. The van der Waals surface area contributed by atoms with Crippen molar-refractivity contribution >= 4 is 28.6 Å². The number of benzene rings is 1. The summed E-state index contributed by atoms with van der Waals surface area (Å²) >= 11 is 5.83. The molecule has 0 unspecified atom stereocenters. The standard InChI is InChI=1S/C8H8ClN4O/c1-14-13-7-4-5(9)2-3-6(7)11-8(10)12-13/h2-4H,1H3,(H2,10,11,12)/q+1. The maximum absolute atomic E-state index is 5.83. The summed E-state index contributed by atoms with van der Waals surface area (Å²) in [6.07, 6.45) is 0. The summed E-state index contributed by atoms with van der Waals surface area (Å²) in [4.78, 5) is 10.3. The molecule has 0 aliphatic rings. The number of nitrogens with two attached hydrogens (primary N) is 1. The molecular weight excluding hydrogens is 204 g/mol. The average Bonchev–Trinajstić information content (AvgIpc) is 2.17. The zero-order chi connectivity index (χ0) is 10.1. The monoisotopic (exact) mass is 211 g/mol. The molecule has 14 heavy (non-hydrogen) atoms. The van der Waals surface area contributed by atoms with E-state index in [2.05, 4.69) is 10.1 Å². The van der Waals surface area contributed by atoms with Crippen molar-refractivity contribution in [3.05, 3.63) is 23.2 Å². The van der Waals surface area contributed by atoms with Crippen LogP contribution in [0, 0.1) is 0 Å². The van der Waals surface area contributed by atoms with Crippen LogP contribution >= 0.6 is 11.6 Å². The Morgan fingerprint density at radius 2 is 2.29 bits per heavy atom. The molecule has 0 saturated carbocycles. The van der Waals surface area contributed by atoms with Gasteiger partial charge in [-0.1, -0.05) is 11.6 Å². The number of rotatable bonds is 1. The fourth-order valence-electron chi connectivity index (χ4n) is 1.18. The molecule has 0 bridgehead atoms. The largest absolute Gasteiger partial charge is 0.363 e. The Balaban J connectivity index is 2.81. The van der Waals surface area contributed by atoms with Gasteiger partial charge in [-0.05, 0) is 12.1 Å². The first-order valence-corrected chi connectivity index (χ1v) is 4.28. The summed E-state index contributed by atoms with van der Waals surface area (Å²) in [5.41, 5.74) is 6.84. The van der Waals surface area contributed by atoms with Crippen LogP contribution in [0.15, 0.2) is 18.2 Å². The highest BCUT2D eigenvalue weighted by molar-refractivity contribution is 6.31. The number of nitrogens with zero attached hydrogens (tertiary/aromatic N) is 3. The minimum Gasteiger partial charge on any atom is -0.363 e. The summed E-state index contributed by atoms with van der Waals surface area (Å²) < 4.78 is 0. The third-order valence-corrected chi connectivity index (χ3v) is 1.98. The predicted molar refractivity (Wildman–Crippen MR) is 51.7 cm³/mol. The number of fused-ring (bicyclic) bond motifs is 1. The molecular formula is C8H8ClN4O+. The highest BCUT2D eigenvalue weighted by atomic mass is 35.5. The van der Waals surface area contributed by atoms with Crippen LogP contribution in [0.2, 0.25) is 5.02 Å². The van der Waals surface area contributed by atoms with Crippen molar-refractivity contribution in [2.24, 2.45) is 0 Å². The van der Waals surface area contributed by atoms with Gasteiger partial charge >= 0.3 is 5.52 Å². The quantitative estimate of drug-likeness (QED) is 0.685. The Morgan fingerprint density at radius 3 is 3.00 bits per heavy atom. The minimum absolute atomic E-state index is 0.154. The lowest BCUT2D eigenvalue weighted by Gasteiger charge is -1.96. The van der Waals surface area contributed by atoms with Crippen molar-refractivity contribution in [3.63, 3.8) is 0 Å². The molecule has 5 nitrogen and oxygen atoms in total. The lowest BCUT2D eigenvalue weighted by Crippen LogP contribution is -2.45. The molecule has 0 fully saturated rings. The van der Waals surface area contributed by atoms with Crippen LogP contribution in [0.5, 0.6) is 0 Å². The van der Waals surface area contributed by atoms with Crippen LogP contribution in [0.25, 0.3) is 11.0 Å². The lowest BCUT2D eigenvalue weighted by molar-refractivity contribution is -0.909. The third-order valence-electron chi connectivity index (χ3n) is 1.74. The van der Waals surface area contributed by atoms with Gasteiger partial charge in [-0.2, -0.15) is 0 Å². The summed E-state index contributed by atoms with van der Waals surface area (Å²) in [5.74, 6) is 0.154. The zero-order valence-corrected chi connectivity index (χ0v) is 8.19. The first kappa shape index (κ1) is 8.96. The smallest absolute Gasteiger partial charge is 0.316 e. The SMILES string of the molecule is CO[n+]1nc(N)nc2ccc(Cl)cc21. The van der Waals surface area contributed by atoms with E-state index in [4.69, 9.17) is 22.2 Å². The van der Waals surface area contributed by atoms with E-state index >= 15 is 0 Å². The van der Waals surface area contributed by atoms with Gasteiger partial charge in [0.2, 0.25) is 0 Å². The second kappa shape index (κ2) is 3.26. The third kappa shape index (κ3) is 1.42. The van der Waals surface area contributed by atoms with Gasteiger partial charge in [0, 0.05) is 11.1 Å². The van der Waals surface area contributed by atoms with Gasteiger partial charge in [0.25, 0.3) is 5.95 Å². The number of aromatic nitrogens is 3. The minimum atomic E-state index is 0.154. The molecule has 0 aliphatic carbocycles. The highest BCUT2D eigenvalue weighted by Crippen LogP contribution is 2.14. The Hall–Kier alpha value is -1.62. The first-order valence-electron chi connectivity index (χ1n) is 3.90. The van der Waals surface area contributed by atoms with Gasteiger partial charge in [0.1, 0.15) is 10.4 Å². The van der Waals surface area contributed by atoms with Crippen LogP contribution < -0.4 is 15.4 Å². The Bertz CT molecular complexity index is 488. The fraction of sp³-hybridized carbons (Fsp3) is 0.125. The topological polar surface area (TPSA) is 64.9 Å². The van der Waals surface area contributed by atoms with Gasteiger partial charge in [-0.25, -0.2) is 9.82 Å². The molecule has 2 N–H and O–H groups in total. The van der Waals surface area contributed by atoms with Crippen molar-refractivity contribution in [3.8, 4) is 0 Å². The summed E-state index contributed by atoms with van der Waals surface area (Å²) in [6.45, 7) is 0. The molecule has 0 radical (unpaired) electrons. The van der Waals surface area contributed by atoms with Crippen LogP contribution in [0.1, 0.15) is 0 Å². The van der Waals surface area contributed by atoms with E-state index in [-0.39, 0.29) is 5.95 Å². The zero-order valence-electron chi connectivity index (χ0n) is 7.44. The van der Waals surface area contributed by atoms with Crippen LogP contribution in [0.3, 0.4) is 0 Å². The number of halogens is 1. The molecule has 2 aromatic rings. The maximum Gasteiger partial charge on any atom is 0.316 e. The highest BCUT2D eigenvalue weighted by Gasteiger charge is 2.15.